The van der Waals surface area contributed by atoms with E-state index < -0.39 is 67.4 Å². The van der Waals surface area contributed by atoms with E-state index in [0.29, 0.717) is 0 Å². The van der Waals surface area contributed by atoms with Crippen LogP contribution in [0, 0.1) is 0 Å². The molecule has 0 spiro atoms. The Hall–Kier alpha value is 2.33. The van der Waals surface area contributed by atoms with Crippen LogP contribution in [0.15, 0.2) is 0 Å². The fourth-order valence-electron chi connectivity index (χ4n) is 0.0855. The van der Waals surface area contributed by atoms with E-state index in [1.165, 1.54) is 0 Å². The number of hydrogen-bond acceptors (Lipinski definition) is 3. The van der Waals surface area contributed by atoms with Crippen molar-refractivity contribution < 1.29 is 3.88 Å². The third kappa shape index (κ3) is 2.60. The van der Waals surface area contributed by atoms with Crippen molar-refractivity contribution in [3.8, 4) is 0 Å². The Morgan fingerprint density at radius 1 is 0.667 bits per heavy atom. The van der Waals surface area contributed by atoms with E-state index in [4.69, 9.17) is 3.88 Å². The van der Waals surface area contributed by atoms with Crippen molar-refractivity contribution in [2.75, 3.05) is 0 Å². The monoisotopic (exact) mass is 411 g/mol. The van der Waals surface area contributed by atoms with Crippen LogP contribution < -0.4 is 0 Å². The molecular weight excluding hydrogens is 413 g/mol. The molecule has 0 aromatic rings. The van der Waals surface area contributed by atoms with Crippen molar-refractivity contribution in [3.05, 3.63) is 0 Å². The topological polar surface area (TPSA) is 27.7 Å². The Morgan fingerprint density at radius 3 is 1.17 bits per heavy atom. The van der Waals surface area contributed by atoms with E-state index in [9.17, 15) is 0 Å². The van der Waals surface area contributed by atoms with Crippen molar-refractivity contribution in [1.29, 1.82) is 0 Å². The summed E-state index contributed by atoms with van der Waals surface area (Å²) in [6.07, 6.45) is 0. The molecule has 1 rings (SSSR count). The number of rotatable bonds is 0. The minimum atomic E-state index is -0.563. The Kier molecular flexibility index (Phi) is 4.56. The summed E-state index contributed by atoms with van der Waals surface area (Å²) >= 11 is -1.69. The normalized spacial score (nSPS) is 24.0. The van der Waals surface area contributed by atoms with Crippen LogP contribution in [0.4, 0.5) is 0 Å². The molecule has 0 aromatic carbocycles. The Balaban J connectivity index is 2.00. The van der Waals surface area contributed by atoms with Gasteiger partial charge in [0.15, 0.2) is 0 Å². The molecule has 6 heteroatoms. The third-order valence-corrected chi connectivity index (χ3v) is 9.00. The molecule has 6 heavy (non-hydrogen) atoms. The standard InChI is InChI=1S/3O.3Sb. The average molecular weight is 413 g/mol. The van der Waals surface area contributed by atoms with Crippen LogP contribution in [-0.4, -0.2) is 67.4 Å². The molecule has 0 aliphatic carbocycles. The van der Waals surface area contributed by atoms with Crippen LogP contribution in [0.3, 0.4) is 0 Å². The van der Waals surface area contributed by atoms with E-state index >= 15 is 0 Å². The Bertz CT molecular complexity index is 21.5. The van der Waals surface area contributed by atoms with Gasteiger partial charge in [-0.1, -0.05) is 0 Å². The van der Waals surface area contributed by atoms with E-state index in [-0.39, 0.29) is 0 Å². The van der Waals surface area contributed by atoms with E-state index in [0.717, 1.165) is 0 Å². The van der Waals surface area contributed by atoms with Gasteiger partial charge in [-0.2, -0.15) is 0 Å². The van der Waals surface area contributed by atoms with Gasteiger partial charge < -0.3 is 0 Å². The van der Waals surface area contributed by atoms with Crippen LogP contribution in [0.1, 0.15) is 0 Å². The average Bonchev–Trinajstić information content (AvgIpc) is 1.72. The molecule has 1 heterocycles. The van der Waals surface area contributed by atoms with Gasteiger partial charge in [0.25, 0.3) is 0 Å². The van der Waals surface area contributed by atoms with Gasteiger partial charge in [0.2, 0.25) is 0 Å². The molecular formula is O3Sb3. The van der Waals surface area contributed by atoms with Gasteiger partial charge in [0, 0.05) is 0 Å². The maximum atomic E-state index is 4.96. The summed E-state index contributed by atoms with van der Waals surface area (Å²) in [5.41, 5.74) is 0. The predicted molar refractivity (Wildman–Crippen MR) is 20.5 cm³/mol. The molecule has 1 fully saturated rings. The first-order valence-corrected chi connectivity index (χ1v) is 7.35. The SMILES string of the molecule is [O]1[Sb][O][Sb][O][Sb]1. The minimum absolute atomic E-state index is 0.562. The van der Waals surface area contributed by atoms with E-state index in [1.54, 1.807) is 0 Å². The first-order valence-electron chi connectivity index (χ1n) is 1.10. The third-order valence-electron chi connectivity index (χ3n) is 0.200. The molecule has 0 saturated carbocycles. The molecule has 3 radical (unpaired) electrons. The van der Waals surface area contributed by atoms with E-state index in [1.807, 2.05) is 0 Å². The summed E-state index contributed by atoms with van der Waals surface area (Å²) in [4.78, 5) is 0. The Labute approximate surface area is 70.1 Å². The first kappa shape index (κ1) is 6.45. The van der Waals surface area contributed by atoms with Crippen molar-refractivity contribution in [1.82, 2.24) is 0 Å². The molecule has 0 N–H and O–H groups in total. The van der Waals surface area contributed by atoms with Gasteiger partial charge in [-0.25, -0.2) is 0 Å². The van der Waals surface area contributed by atoms with Crippen LogP contribution in [0.5, 0.6) is 0 Å². The zero-order valence-corrected chi connectivity index (χ0v) is 10.2. The first-order chi connectivity index (χ1) is 3.00. The van der Waals surface area contributed by atoms with Gasteiger partial charge in [0.1, 0.15) is 0 Å². The van der Waals surface area contributed by atoms with Gasteiger partial charge >= 0.3 is 71.3 Å². The molecule has 0 unspecified atom stereocenters. The van der Waals surface area contributed by atoms with Gasteiger partial charge in [-0.15, -0.1) is 0 Å². The molecule has 0 amide bonds. The fourth-order valence-corrected chi connectivity index (χ4v) is 15.3. The summed E-state index contributed by atoms with van der Waals surface area (Å²) in [5, 5.41) is 0. The fraction of sp³-hybridized carbons (Fsp3) is 0. The summed E-state index contributed by atoms with van der Waals surface area (Å²) < 4.78 is 14.9. The molecule has 1 saturated heterocycles. The predicted octanol–water partition coefficient (Wildman–Crippen LogP) is -1.35. The Morgan fingerprint density at radius 2 is 1.00 bits per heavy atom. The molecule has 1 aliphatic heterocycles. The van der Waals surface area contributed by atoms with Crippen molar-refractivity contribution in [2.24, 2.45) is 0 Å². The molecule has 0 aromatic heterocycles. The van der Waals surface area contributed by atoms with Crippen molar-refractivity contribution >= 4 is 67.4 Å². The summed E-state index contributed by atoms with van der Waals surface area (Å²) in [6.45, 7) is 0. The van der Waals surface area contributed by atoms with Crippen molar-refractivity contribution in [2.45, 2.75) is 0 Å². The van der Waals surface area contributed by atoms with Crippen LogP contribution in [-0.2, 0) is 3.88 Å². The second kappa shape index (κ2) is 4.24. The number of hydrogen-bond donors (Lipinski definition) is 0. The van der Waals surface area contributed by atoms with Crippen LogP contribution in [0.25, 0.3) is 0 Å². The van der Waals surface area contributed by atoms with Gasteiger partial charge in [-0.3, -0.25) is 0 Å². The molecule has 3 nitrogen and oxygen atoms in total. The quantitative estimate of drug-likeness (QED) is 0.460. The molecule has 1 aliphatic rings. The molecule has 0 atom stereocenters. The van der Waals surface area contributed by atoms with Crippen LogP contribution in [0.2, 0.25) is 0 Å². The summed E-state index contributed by atoms with van der Waals surface area (Å²) in [7, 11) is 0. The van der Waals surface area contributed by atoms with Crippen molar-refractivity contribution in [3.63, 3.8) is 0 Å². The zero-order valence-electron chi connectivity index (χ0n) is 2.57. The van der Waals surface area contributed by atoms with E-state index in [2.05, 4.69) is 0 Å². The second-order valence-corrected chi connectivity index (χ2v) is 12.5. The zero-order chi connectivity index (χ0) is 4.24. The van der Waals surface area contributed by atoms with Crippen LogP contribution >= 0.6 is 0 Å². The molecule has 0 bridgehead atoms. The summed E-state index contributed by atoms with van der Waals surface area (Å²) in [5.74, 6) is 0. The molecule has 33 valence electrons. The second-order valence-electron chi connectivity index (χ2n) is 0.469. The summed E-state index contributed by atoms with van der Waals surface area (Å²) in [6, 6.07) is 0. The van der Waals surface area contributed by atoms with Gasteiger partial charge in [0.05, 0.1) is 0 Å². The van der Waals surface area contributed by atoms with Gasteiger partial charge in [-0.05, 0) is 0 Å². The maximum absolute atomic E-state index is 4.96.